The molecule has 0 bridgehead atoms. The topological polar surface area (TPSA) is 31.2 Å². The second-order valence-electron chi connectivity index (χ2n) is 4.80. The highest BCUT2D eigenvalue weighted by Gasteiger charge is 2.15. The molecular formula is C17H14FNO2. The van der Waals surface area contributed by atoms with Crippen molar-refractivity contribution in [3.05, 3.63) is 64.6 Å². The Hall–Kier alpha value is -2.62. The van der Waals surface area contributed by atoms with E-state index in [-0.39, 0.29) is 11.2 Å². The van der Waals surface area contributed by atoms with E-state index >= 15 is 0 Å². The molecule has 0 aliphatic rings. The molecule has 0 fully saturated rings. The third kappa shape index (κ3) is 2.09. The molecule has 0 aliphatic heterocycles. The molecule has 1 aromatic heterocycles. The summed E-state index contributed by atoms with van der Waals surface area (Å²) >= 11 is 0. The normalized spacial score (nSPS) is 10.8. The van der Waals surface area contributed by atoms with Gasteiger partial charge in [0.1, 0.15) is 0 Å². The van der Waals surface area contributed by atoms with Gasteiger partial charge in [-0.25, -0.2) is 4.39 Å². The third-order valence-corrected chi connectivity index (χ3v) is 3.59. The highest BCUT2D eigenvalue weighted by atomic mass is 19.1. The van der Waals surface area contributed by atoms with Gasteiger partial charge in [0.15, 0.2) is 17.0 Å². The standard InChI is InChI=1S/C17H14FNO2/c1-19-14(11-6-4-3-5-7-11)10-15(20)12-8-9-13(18)17(21-2)16(12)19/h3-10H,1-2H3. The summed E-state index contributed by atoms with van der Waals surface area (Å²) in [6.07, 6.45) is 0. The van der Waals surface area contributed by atoms with Crippen LogP contribution in [0.5, 0.6) is 5.75 Å². The summed E-state index contributed by atoms with van der Waals surface area (Å²) in [7, 11) is 3.20. The van der Waals surface area contributed by atoms with Gasteiger partial charge in [-0.1, -0.05) is 30.3 Å². The van der Waals surface area contributed by atoms with Crippen molar-refractivity contribution in [3.8, 4) is 17.0 Å². The molecule has 21 heavy (non-hydrogen) atoms. The van der Waals surface area contributed by atoms with Crippen molar-refractivity contribution >= 4 is 10.9 Å². The molecule has 106 valence electrons. The number of methoxy groups -OCH3 is 1. The van der Waals surface area contributed by atoms with E-state index in [9.17, 15) is 9.18 Å². The van der Waals surface area contributed by atoms with Gasteiger partial charge < -0.3 is 9.30 Å². The van der Waals surface area contributed by atoms with E-state index in [1.54, 1.807) is 17.7 Å². The van der Waals surface area contributed by atoms with Crippen molar-refractivity contribution in [2.45, 2.75) is 0 Å². The van der Waals surface area contributed by atoms with Crippen LogP contribution in [0.1, 0.15) is 0 Å². The van der Waals surface area contributed by atoms with Gasteiger partial charge in [-0.05, 0) is 17.7 Å². The van der Waals surface area contributed by atoms with Crippen LogP contribution in [0.2, 0.25) is 0 Å². The minimum absolute atomic E-state index is 0.0879. The van der Waals surface area contributed by atoms with Crippen LogP contribution in [-0.2, 0) is 7.05 Å². The number of rotatable bonds is 2. The molecule has 0 amide bonds. The van der Waals surface area contributed by atoms with Gasteiger partial charge in [-0.2, -0.15) is 0 Å². The van der Waals surface area contributed by atoms with E-state index in [0.717, 1.165) is 11.3 Å². The Morgan fingerprint density at radius 1 is 1.10 bits per heavy atom. The van der Waals surface area contributed by atoms with E-state index in [1.165, 1.54) is 19.2 Å². The molecule has 3 nitrogen and oxygen atoms in total. The Balaban J connectivity index is 2.45. The van der Waals surface area contributed by atoms with Gasteiger partial charge in [-0.3, -0.25) is 4.79 Å². The number of aromatic nitrogens is 1. The first kappa shape index (κ1) is 13.4. The summed E-state index contributed by atoms with van der Waals surface area (Å²) in [5, 5.41) is 0.440. The van der Waals surface area contributed by atoms with Gasteiger partial charge >= 0.3 is 0 Å². The zero-order valence-electron chi connectivity index (χ0n) is 11.8. The summed E-state index contributed by atoms with van der Waals surface area (Å²) in [6.45, 7) is 0. The second-order valence-corrected chi connectivity index (χ2v) is 4.80. The zero-order valence-corrected chi connectivity index (χ0v) is 11.8. The Kier molecular flexibility index (Phi) is 3.22. The Morgan fingerprint density at radius 2 is 1.81 bits per heavy atom. The van der Waals surface area contributed by atoms with Gasteiger partial charge in [0.25, 0.3) is 0 Å². The minimum Gasteiger partial charge on any atom is -0.492 e. The first-order valence-corrected chi connectivity index (χ1v) is 6.55. The van der Waals surface area contributed by atoms with E-state index in [4.69, 9.17) is 4.74 Å². The minimum atomic E-state index is -0.481. The lowest BCUT2D eigenvalue weighted by atomic mass is 10.1. The Morgan fingerprint density at radius 3 is 2.48 bits per heavy atom. The molecule has 2 aromatic carbocycles. The molecule has 0 spiro atoms. The fraction of sp³-hybridized carbons (Fsp3) is 0.118. The molecule has 1 heterocycles. The maximum atomic E-state index is 13.9. The molecule has 0 radical (unpaired) electrons. The van der Waals surface area contributed by atoms with Crippen molar-refractivity contribution in [3.63, 3.8) is 0 Å². The largest absolute Gasteiger partial charge is 0.492 e. The molecule has 0 unspecified atom stereocenters. The van der Waals surface area contributed by atoms with Crippen molar-refractivity contribution in [1.29, 1.82) is 0 Å². The average Bonchev–Trinajstić information content (AvgIpc) is 2.51. The van der Waals surface area contributed by atoms with Crippen LogP contribution in [0, 0.1) is 5.82 Å². The summed E-state index contributed by atoms with van der Waals surface area (Å²) in [6, 6.07) is 13.8. The van der Waals surface area contributed by atoms with Crippen molar-refractivity contribution in [2.24, 2.45) is 7.05 Å². The van der Waals surface area contributed by atoms with Crippen molar-refractivity contribution in [1.82, 2.24) is 4.57 Å². The lowest BCUT2D eigenvalue weighted by Gasteiger charge is -2.15. The first-order chi connectivity index (χ1) is 10.1. The van der Waals surface area contributed by atoms with Crippen LogP contribution in [0.25, 0.3) is 22.2 Å². The lowest BCUT2D eigenvalue weighted by molar-refractivity contribution is 0.390. The molecule has 0 aliphatic carbocycles. The Bertz CT molecular complexity index is 869. The summed E-state index contributed by atoms with van der Waals surface area (Å²) in [5.74, 6) is -0.393. The smallest absolute Gasteiger partial charge is 0.190 e. The monoisotopic (exact) mass is 283 g/mol. The van der Waals surface area contributed by atoms with Gasteiger partial charge in [0.2, 0.25) is 0 Å². The van der Waals surface area contributed by atoms with Gasteiger partial charge in [0, 0.05) is 18.5 Å². The zero-order chi connectivity index (χ0) is 15.0. The van der Waals surface area contributed by atoms with Crippen molar-refractivity contribution in [2.75, 3.05) is 7.11 Å². The number of nitrogens with zero attached hydrogens (tertiary/aromatic N) is 1. The molecule has 3 aromatic rings. The number of ether oxygens (including phenoxy) is 1. The molecular weight excluding hydrogens is 269 g/mol. The molecule has 0 atom stereocenters. The van der Waals surface area contributed by atoms with Crippen LogP contribution in [-0.4, -0.2) is 11.7 Å². The number of hydrogen-bond acceptors (Lipinski definition) is 2. The average molecular weight is 283 g/mol. The number of hydrogen-bond donors (Lipinski definition) is 0. The molecule has 3 rings (SSSR count). The van der Waals surface area contributed by atoms with Crippen LogP contribution < -0.4 is 10.2 Å². The highest BCUT2D eigenvalue weighted by Crippen LogP contribution is 2.29. The molecule has 0 saturated heterocycles. The number of halogens is 1. The van der Waals surface area contributed by atoms with Crippen molar-refractivity contribution < 1.29 is 9.13 Å². The number of benzene rings is 2. The van der Waals surface area contributed by atoms with Crippen LogP contribution in [0.3, 0.4) is 0 Å². The van der Waals surface area contributed by atoms with Gasteiger partial charge in [0.05, 0.1) is 18.3 Å². The van der Waals surface area contributed by atoms with Crippen LogP contribution >= 0.6 is 0 Å². The van der Waals surface area contributed by atoms with Crippen LogP contribution in [0.15, 0.2) is 53.3 Å². The number of pyridine rings is 1. The number of fused-ring (bicyclic) bond motifs is 1. The van der Waals surface area contributed by atoms with Gasteiger partial charge in [-0.15, -0.1) is 0 Å². The summed E-state index contributed by atoms with van der Waals surface area (Å²) < 4.78 is 20.9. The second kappa shape index (κ2) is 5.05. The van der Waals surface area contributed by atoms with Crippen LogP contribution in [0.4, 0.5) is 4.39 Å². The molecule has 0 N–H and O–H groups in total. The summed E-state index contributed by atoms with van der Waals surface area (Å²) in [4.78, 5) is 12.3. The SMILES string of the molecule is COc1c(F)ccc2c(=O)cc(-c3ccccc3)n(C)c12. The predicted octanol–water partition coefficient (Wildman–Crippen LogP) is 3.35. The van der Waals surface area contributed by atoms with E-state index in [1.807, 2.05) is 30.3 Å². The molecule has 0 saturated carbocycles. The predicted molar refractivity (Wildman–Crippen MR) is 81.1 cm³/mol. The number of aryl methyl sites for hydroxylation is 1. The maximum Gasteiger partial charge on any atom is 0.190 e. The van der Waals surface area contributed by atoms with E-state index in [2.05, 4.69) is 0 Å². The maximum absolute atomic E-state index is 13.9. The first-order valence-electron chi connectivity index (χ1n) is 6.55. The summed E-state index contributed by atoms with van der Waals surface area (Å²) in [5.41, 5.74) is 1.92. The Labute approximate surface area is 121 Å². The van der Waals surface area contributed by atoms with E-state index in [0.29, 0.717) is 10.9 Å². The quantitative estimate of drug-likeness (QED) is 0.722. The fourth-order valence-corrected chi connectivity index (χ4v) is 2.58. The third-order valence-electron chi connectivity index (χ3n) is 3.59. The lowest BCUT2D eigenvalue weighted by Crippen LogP contribution is -2.10. The van der Waals surface area contributed by atoms with E-state index < -0.39 is 5.82 Å². The molecule has 4 heteroatoms. The highest BCUT2D eigenvalue weighted by molar-refractivity contribution is 5.87. The fourth-order valence-electron chi connectivity index (χ4n) is 2.58.